The summed E-state index contributed by atoms with van der Waals surface area (Å²) in [6.07, 6.45) is 5.41. The number of carbonyl (C=O) groups is 2. The van der Waals surface area contributed by atoms with Gasteiger partial charge in [-0.25, -0.2) is 4.98 Å². The molecule has 0 atom stereocenters. The zero-order valence-electron chi connectivity index (χ0n) is 18.7. The molecular weight excluding hydrogens is 394 g/mol. The Morgan fingerprint density at radius 1 is 0.968 bits per heavy atom. The van der Waals surface area contributed by atoms with E-state index in [1.54, 1.807) is 12.0 Å². The number of likely N-dealkylation sites (N-methyl/N-ethyl adjacent to an activating group) is 1. The zero-order valence-corrected chi connectivity index (χ0v) is 18.7. The van der Waals surface area contributed by atoms with Crippen LogP contribution in [0.1, 0.15) is 28.9 Å². The SMILES string of the molecule is COCCCN(CCC(=O)N(CCN(C)C)Cc1ccccc1)C(=O)c1cnccn1. The molecule has 0 unspecified atom stereocenters. The van der Waals surface area contributed by atoms with Crippen molar-refractivity contribution in [2.24, 2.45) is 0 Å². The first-order chi connectivity index (χ1) is 15.0. The fourth-order valence-corrected chi connectivity index (χ4v) is 3.09. The van der Waals surface area contributed by atoms with Gasteiger partial charge in [-0.15, -0.1) is 0 Å². The number of hydrogen-bond donors (Lipinski definition) is 0. The van der Waals surface area contributed by atoms with Gasteiger partial charge in [0.25, 0.3) is 5.91 Å². The van der Waals surface area contributed by atoms with Crippen LogP contribution >= 0.6 is 0 Å². The molecule has 0 aliphatic rings. The van der Waals surface area contributed by atoms with Crippen molar-refractivity contribution in [3.05, 3.63) is 60.2 Å². The maximum Gasteiger partial charge on any atom is 0.274 e. The van der Waals surface area contributed by atoms with Crippen LogP contribution in [0.5, 0.6) is 0 Å². The van der Waals surface area contributed by atoms with Gasteiger partial charge >= 0.3 is 0 Å². The lowest BCUT2D eigenvalue weighted by Crippen LogP contribution is -2.40. The molecule has 8 heteroatoms. The van der Waals surface area contributed by atoms with E-state index >= 15 is 0 Å². The molecule has 0 radical (unpaired) electrons. The molecule has 0 saturated heterocycles. The Kier molecular flexibility index (Phi) is 10.6. The molecule has 31 heavy (non-hydrogen) atoms. The average molecular weight is 428 g/mol. The number of ether oxygens (including phenoxy) is 1. The van der Waals surface area contributed by atoms with Crippen LogP contribution in [0.3, 0.4) is 0 Å². The van der Waals surface area contributed by atoms with Crippen molar-refractivity contribution in [2.75, 3.05) is 54.0 Å². The number of amides is 2. The van der Waals surface area contributed by atoms with Crippen molar-refractivity contribution < 1.29 is 14.3 Å². The van der Waals surface area contributed by atoms with E-state index in [4.69, 9.17) is 4.74 Å². The number of aromatic nitrogens is 2. The second-order valence-electron chi connectivity index (χ2n) is 7.58. The summed E-state index contributed by atoms with van der Waals surface area (Å²) >= 11 is 0. The third kappa shape index (κ3) is 8.82. The van der Waals surface area contributed by atoms with E-state index in [-0.39, 0.29) is 23.9 Å². The smallest absolute Gasteiger partial charge is 0.274 e. The third-order valence-electron chi connectivity index (χ3n) is 4.83. The van der Waals surface area contributed by atoms with Crippen LogP contribution in [0.2, 0.25) is 0 Å². The van der Waals surface area contributed by atoms with E-state index in [0.29, 0.717) is 39.2 Å². The lowest BCUT2D eigenvalue weighted by Gasteiger charge is -2.27. The Balaban J connectivity index is 2.04. The maximum absolute atomic E-state index is 13.1. The minimum absolute atomic E-state index is 0.0226. The molecule has 8 nitrogen and oxygen atoms in total. The predicted molar refractivity (Wildman–Crippen MR) is 119 cm³/mol. The summed E-state index contributed by atoms with van der Waals surface area (Å²) in [7, 11) is 5.61. The molecule has 0 fully saturated rings. The lowest BCUT2D eigenvalue weighted by atomic mass is 10.2. The highest BCUT2D eigenvalue weighted by Gasteiger charge is 2.20. The zero-order chi connectivity index (χ0) is 22.5. The molecule has 0 N–H and O–H groups in total. The van der Waals surface area contributed by atoms with Gasteiger partial charge in [0.2, 0.25) is 5.91 Å². The highest BCUT2D eigenvalue weighted by atomic mass is 16.5. The van der Waals surface area contributed by atoms with E-state index in [0.717, 1.165) is 12.1 Å². The number of benzene rings is 1. The van der Waals surface area contributed by atoms with Crippen LogP contribution in [0.15, 0.2) is 48.9 Å². The van der Waals surface area contributed by atoms with Gasteiger partial charge in [0, 0.05) is 65.3 Å². The molecule has 168 valence electrons. The molecule has 0 aliphatic heterocycles. The largest absolute Gasteiger partial charge is 0.385 e. The van der Waals surface area contributed by atoms with Crippen LogP contribution in [-0.4, -0.2) is 90.5 Å². The van der Waals surface area contributed by atoms with Gasteiger partial charge in [-0.05, 0) is 26.1 Å². The first kappa shape index (κ1) is 24.4. The second kappa shape index (κ2) is 13.5. The number of methoxy groups -OCH3 is 1. The Morgan fingerprint density at radius 2 is 1.74 bits per heavy atom. The van der Waals surface area contributed by atoms with Gasteiger partial charge in [-0.1, -0.05) is 30.3 Å². The van der Waals surface area contributed by atoms with Crippen molar-refractivity contribution in [1.82, 2.24) is 24.7 Å². The minimum Gasteiger partial charge on any atom is -0.385 e. The van der Waals surface area contributed by atoms with Crippen molar-refractivity contribution >= 4 is 11.8 Å². The Morgan fingerprint density at radius 3 is 2.39 bits per heavy atom. The predicted octanol–water partition coefficient (Wildman–Crippen LogP) is 1.94. The van der Waals surface area contributed by atoms with E-state index in [1.165, 1.54) is 18.6 Å². The van der Waals surface area contributed by atoms with Gasteiger partial charge < -0.3 is 19.4 Å². The Labute approximate surface area is 184 Å². The van der Waals surface area contributed by atoms with E-state index in [1.807, 2.05) is 49.3 Å². The molecule has 1 heterocycles. The third-order valence-corrected chi connectivity index (χ3v) is 4.83. The van der Waals surface area contributed by atoms with Crippen LogP contribution < -0.4 is 0 Å². The summed E-state index contributed by atoms with van der Waals surface area (Å²) in [6, 6.07) is 9.95. The van der Waals surface area contributed by atoms with Gasteiger partial charge in [0.1, 0.15) is 5.69 Å². The average Bonchev–Trinajstić information content (AvgIpc) is 2.79. The normalized spacial score (nSPS) is 10.8. The first-order valence-corrected chi connectivity index (χ1v) is 10.5. The van der Waals surface area contributed by atoms with Gasteiger partial charge in [0.15, 0.2) is 0 Å². The van der Waals surface area contributed by atoms with E-state index < -0.39 is 0 Å². The second-order valence-corrected chi connectivity index (χ2v) is 7.58. The molecule has 1 aromatic carbocycles. The van der Waals surface area contributed by atoms with Crippen molar-refractivity contribution in [1.29, 1.82) is 0 Å². The molecule has 0 aliphatic carbocycles. The Hall–Kier alpha value is -2.84. The molecule has 2 amide bonds. The van der Waals surface area contributed by atoms with Crippen LogP contribution in [0.25, 0.3) is 0 Å². The molecule has 0 spiro atoms. The van der Waals surface area contributed by atoms with Crippen molar-refractivity contribution in [3.63, 3.8) is 0 Å². The van der Waals surface area contributed by atoms with Gasteiger partial charge in [-0.3, -0.25) is 14.6 Å². The number of hydrogen-bond acceptors (Lipinski definition) is 6. The molecular formula is C23H33N5O3. The van der Waals surface area contributed by atoms with E-state index in [2.05, 4.69) is 14.9 Å². The summed E-state index contributed by atoms with van der Waals surface area (Å²) in [6.45, 7) is 3.31. The number of rotatable bonds is 13. The fourth-order valence-electron chi connectivity index (χ4n) is 3.09. The summed E-state index contributed by atoms with van der Waals surface area (Å²) in [5.74, 6) is -0.200. The quantitative estimate of drug-likeness (QED) is 0.455. The van der Waals surface area contributed by atoms with Crippen LogP contribution in [0.4, 0.5) is 0 Å². The fraction of sp³-hybridized carbons (Fsp3) is 0.478. The molecule has 2 rings (SSSR count). The topological polar surface area (TPSA) is 78.9 Å². The van der Waals surface area contributed by atoms with Crippen LogP contribution in [0, 0.1) is 0 Å². The standard InChI is InChI=1S/C23H33N5O3/c1-26(2)15-16-28(19-20-8-5-4-6-9-20)22(29)10-14-27(13-7-17-31-3)23(30)21-18-24-11-12-25-21/h4-6,8-9,11-12,18H,7,10,13-17,19H2,1-3H3. The number of carbonyl (C=O) groups excluding carboxylic acids is 2. The monoisotopic (exact) mass is 427 g/mol. The van der Waals surface area contributed by atoms with Crippen molar-refractivity contribution in [3.8, 4) is 0 Å². The van der Waals surface area contributed by atoms with Crippen molar-refractivity contribution in [2.45, 2.75) is 19.4 Å². The molecule has 1 aromatic heterocycles. The maximum atomic E-state index is 13.1. The van der Waals surface area contributed by atoms with E-state index in [9.17, 15) is 9.59 Å². The Bertz CT molecular complexity index is 786. The summed E-state index contributed by atoms with van der Waals surface area (Å²) in [5.41, 5.74) is 1.36. The van der Waals surface area contributed by atoms with Crippen LogP contribution in [-0.2, 0) is 16.1 Å². The summed E-state index contributed by atoms with van der Waals surface area (Å²) in [5, 5.41) is 0. The molecule has 0 bridgehead atoms. The van der Waals surface area contributed by atoms with Gasteiger partial charge in [-0.2, -0.15) is 0 Å². The first-order valence-electron chi connectivity index (χ1n) is 10.5. The highest BCUT2D eigenvalue weighted by Crippen LogP contribution is 2.09. The molecule has 0 saturated carbocycles. The lowest BCUT2D eigenvalue weighted by molar-refractivity contribution is -0.132. The minimum atomic E-state index is -0.222. The molecule has 2 aromatic rings. The highest BCUT2D eigenvalue weighted by molar-refractivity contribution is 5.92. The summed E-state index contributed by atoms with van der Waals surface area (Å²) in [4.78, 5) is 39.6. The number of nitrogens with zero attached hydrogens (tertiary/aromatic N) is 5. The summed E-state index contributed by atoms with van der Waals surface area (Å²) < 4.78 is 5.12. The van der Waals surface area contributed by atoms with Gasteiger partial charge in [0.05, 0.1) is 6.20 Å².